The molecule has 0 aliphatic carbocycles. The topological polar surface area (TPSA) is 59.1 Å². The number of rotatable bonds is 7. The van der Waals surface area contributed by atoms with E-state index in [0.717, 1.165) is 5.56 Å². The molecular weight excluding hydrogens is 292 g/mol. The van der Waals surface area contributed by atoms with Gasteiger partial charge in [0.1, 0.15) is 0 Å². The van der Waals surface area contributed by atoms with Crippen molar-refractivity contribution in [3.63, 3.8) is 0 Å². The van der Waals surface area contributed by atoms with Crippen LogP contribution in [-0.4, -0.2) is 63.6 Å². The Balaban J connectivity index is 2.13. The maximum absolute atomic E-state index is 12.7. The van der Waals surface area contributed by atoms with Crippen LogP contribution in [0.4, 0.5) is 0 Å². The largest absolute Gasteiger partial charge is 0.383 e. The summed E-state index contributed by atoms with van der Waals surface area (Å²) in [6.07, 6.45) is 0. The fourth-order valence-electron chi connectivity index (χ4n) is 2.20. The second-order valence-electron chi connectivity index (χ2n) is 4.83. The zero-order valence-corrected chi connectivity index (χ0v) is 13.1. The Morgan fingerprint density at radius 1 is 1.24 bits per heavy atom. The molecule has 0 aromatic heterocycles. The van der Waals surface area contributed by atoms with Gasteiger partial charge in [0.05, 0.1) is 19.8 Å². The molecule has 1 aromatic rings. The highest BCUT2D eigenvalue weighted by molar-refractivity contribution is 7.86. The van der Waals surface area contributed by atoms with Crippen LogP contribution in [0.15, 0.2) is 30.3 Å². The molecule has 1 aliphatic rings. The van der Waals surface area contributed by atoms with Crippen LogP contribution < -0.4 is 0 Å². The van der Waals surface area contributed by atoms with Crippen LogP contribution in [0.1, 0.15) is 5.56 Å². The molecule has 0 N–H and O–H groups in total. The molecule has 1 fully saturated rings. The summed E-state index contributed by atoms with van der Waals surface area (Å²) in [5.41, 5.74) is 0.963. The Labute approximate surface area is 126 Å². The summed E-state index contributed by atoms with van der Waals surface area (Å²) in [5.74, 6) is 0. The lowest BCUT2D eigenvalue weighted by Gasteiger charge is -2.32. The molecule has 0 amide bonds. The molecule has 0 spiro atoms. The Hall–Kier alpha value is -0.990. The average molecular weight is 314 g/mol. The predicted octanol–water partition coefficient (Wildman–Crippen LogP) is 0.712. The first-order chi connectivity index (χ1) is 10.1. The number of morpholine rings is 1. The van der Waals surface area contributed by atoms with E-state index in [1.807, 2.05) is 30.3 Å². The summed E-state index contributed by atoms with van der Waals surface area (Å²) < 4.78 is 38.7. The summed E-state index contributed by atoms with van der Waals surface area (Å²) in [7, 11) is -1.92. The monoisotopic (exact) mass is 314 g/mol. The normalized spacial score (nSPS) is 17.2. The van der Waals surface area contributed by atoms with Gasteiger partial charge in [0, 0.05) is 33.3 Å². The van der Waals surface area contributed by atoms with Crippen LogP contribution in [0, 0.1) is 0 Å². The molecule has 0 bridgehead atoms. The lowest BCUT2D eigenvalue weighted by atomic mass is 10.2. The molecule has 118 valence electrons. The molecule has 1 heterocycles. The van der Waals surface area contributed by atoms with Gasteiger partial charge in [-0.2, -0.15) is 17.0 Å². The minimum Gasteiger partial charge on any atom is -0.383 e. The maximum Gasteiger partial charge on any atom is 0.282 e. The summed E-state index contributed by atoms with van der Waals surface area (Å²) in [6, 6.07) is 9.58. The number of ether oxygens (including phenoxy) is 2. The van der Waals surface area contributed by atoms with E-state index in [2.05, 4.69) is 0 Å². The third-order valence-electron chi connectivity index (χ3n) is 3.37. The van der Waals surface area contributed by atoms with Crippen LogP contribution in [0.5, 0.6) is 0 Å². The molecule has 0 unspecified atom stereocenters. The number of methoxy groups -OCH3 is 1. The highest BCUT2D eigenvalue weighted by atomic mass is 32.2. The van der Waals surface area contributed by atoms with E-state index < -0.39 is 10.2 Å². The van der Waals surface area contributed by atoms with Crippen molar-refractivity contribution in [1.82, 2.24) is 8.61 Å². The molecule has 6 nitrogen and oxygen atoms in total. The van der Waals surface area contributed by atoms with Crippen molar-refractivity contribution in [2.45, 2.75) is 6.54 Å². The molecule has 2 rings (SSSR count). The number of nitrogens with zero attached hydrogens (tertiary/aromatic N) is 2. The van der Waals surface area contributed by atoms with Gasteiger partial charge in [-0.05, 0) is 5.56 Å². The van der Waals surface area contributed by atoms with Crippen molar-refractivity contribution in [3.05, 3.63) is 35.9 Å². The smallest absolute Gasteiger partial charge is 0.282 e. The van der Waals surface area contributed by atoms with E-state index >= 15 is 0 Å². The number of benzene rings is 1. The Bertz CT molecular complexity index is 515. The van der Waals surface area contributed by atoms with Crippen molar-refractivity contribution in [1.29, 1.82) is 0 Å². The minimum absolute atomic E-state index is 0.338. The standard InChI is InChI=1S/C14H22N2O4S/c1-19-10-7-16(13-14-5-3-2-4-6-14)21(17,18)15-8-11-20-12-9-15/h2-6H,7-13H2,1H3. The molecular formula is C14H22N2O4S. The lowest BCUT2D eigenvalue weighted by Crippen LogP contribution is -2.49. The van der Waals surface area contributed by atoms with Crippen molar-refractivity contribution >= 4 is 10.2 Å². The molecule has 0 saturated carbocycles. The molecule has 0 atom stereocenters. The van der Waals surface area contributed by atoms with Gasteiger partial charge in [0.25, 0.3) is 10.2 Å². The Kier molecular flexibility index (Phi) is 6.13. The molecule has 1 aliphatic heterocycles. The van der Waals surface area contributed by atoms with Crippen LogP contribution in [0.3, 0.4) is 0 Å². The quantitative estimate of drug-likeness (QED) is 0.744. The molecule has 1 aromatic carbocycles. The minimum atomic E-state index is -3.49. The Morgan fingerprint density at radius 3 is 2.52 bits per heavy atom. The van der Waals surface area contributed by atoms with Crippen LogP contribution in [-0.2, 0) is 26.2 Å². The van der Waals surface area contributed by atoms with Gasteiger partial charge in [-0.1, -0.05) is 30.3 Å². The van der Waals surface area contributed by atoms with E-state index in [1.165, 1.54) is 8.61 Å². The fourth-order valence-corrected chi connectivity index (χ4v) is 3.75. The van der Waals surface area contributed by atoms with Gasteiger partial charge in [-0.25, -0.2) is 0 Å². The van der Waals surface area contributed by atoms with Crippen molar-refractivity contribution in [3.8, 4) is 0 Å². The maximum atomic E-state index is 12.7. The van der Waals surface area contributed by atoms with Gasteiger partial charge in [-0.15, -0.1) is 0 Å². The van der Waals surface area contributed by atoms with Gasteiger partial charge in [0.15, 0.2) is 0 Å². The second-order valence-corrected chi connectivity index (χ2v) is 6.76. The van der Waals surface area contributed by atoms with E-state index in [-0.39, 0.29) is 0 Å². The van der Waals surface area contributed by atoms with E-state index in [4.69, 9.17) is 9.47 Å². The Morgan fingerprint density at radius 2 is 1.90 bits per heavy atom. The van der Waals surface area contributed by atoms with Gasteiger partial charge in [0.2, 0.25) is 0 Å². The van der Waals surface area contributed by atoms with E-state index in [0.29, 0.717) is 46.0 Å². The second kappa shape index (κ2) is 7.86. The van der Waals surface area contributed by atoms with Gasteiger partial charge < -0.3 is 9.47 Å². The van der Waals surface area contributed by atoms with Crippen molar-refractivity contribution < 1.29 is 17.9 Å². The van der Waals surface area contributed by atoms with E-state index in [1.54, 1.807) is 7.11 Å². The highest BCUT2D eigenvalue weighted by Crippen LogP contribution is 2.14. The lowest BCUT2D eigenvalue weighted by molar-refractivity contribution is 0.0692. The first kappa shape index (κ1) is 16.4. The predicted molar refractivity (Wildman–Crippen MR) is 80.0 cm³/mol. The summed E-state index contributed by atoms with van der Waals surface area (Å²) in [4.78, 5) is 0. The summed E-state index contributed by atoms with van der Waals surface area (Å²) in [6.45, 7) is 2.76. The summed E-state index contributed by atoms with van der Waals surface area (Å²) >= 11 is 0. The molecule has 7 heteroatoms. The zero-order valence-electron chi connectivity index (χ0n) is 12.3. The SMILES string of the molecule is COCCN(Cc1ccccc1)S(=O)(=O)N1CCOCC1. The van der Waals surface area contributed by atoms with Crippen molar-refractivity contribution in [2.75, 3.05) is 46.6 Å². The van der Waals surface area contributed by atoms with Crippen molar-refractivity contribution in [2.24, 2.45) is 0 Å². The number of hydrogen-bond acceptors (Lipinski definition) is 4. The average Bonchev–Trinajstić information content (AvgIpc) is 2.53. The van der Waals surface area contributed by atoms with Crippen LogP contribution in [0.2, 0.25) is 0 Å². The highest BCUT2D eigenvalue weighted by Gasteiger charge is 2.30. The van der Waals surface area contributed by atoms with Crippen LogP contribution >= 0.6 is 0 Å². The first-order valence-electron chi connectivity index (χ1n) is 7.00. The molecule has 21 heavy (non-hydrogen) atoms. The molecule has 0 radical (unpaired) electrons. The summed E-state index contributed by atoms with van der Waals surface area (Å²) in [5, 5.41) is 0. The fraction of sp³-hybridized carbons (Fsp3) is 0.571. The third kappa shape index (κ3) is 4.49. The third-order valence-corrected chi connectivity index (χ3v) is 5.35. The van der Waals surface area contributed by atoms with Gasteiger partial charge >= 0.3 is 0 Å². The number of hydrogen-bond donors (Lipinski definition) is 0. The van der Waals surface area contributed by atoms with Gasteiger partial charge in [-0.3, -0.25) is 0 Å². The first-order valence-corrected chi connectivity index (χ1v) is 8.40. The van der Waals surface area contributed by atoms with Crippen LogP contribution in [0.25, 0.3) is 0 Å². The molecule has 1 saturated heterocycles. The van der Waals surface area contributed by atoms with E-state index in [9.17, 15) is 8.42 Å². The zero-order chi connectivity index (χ0) is 15.1.